The van der Waals surface area contributed by atoms with Crippen molar-refractivity contribution >= 4 is 17.7 Å². The topological polar surface area (TPSA) is 95.7 Å². The lowest BCUT2D eigenvalue weighted by Gasteiger charge is -2.44. The number of benzene rings is 2. The van der Waals surface area contributed by atoms with Gasteiger partial charge in [0.1, 0.15) is 5.82 Å². The van der Waals surface area contributed by atoms with Crippen LogP contribution in [0, 0.1) is 11.7 Å². The predicted octanol–water partition coefficient (Wildman–Crippen LogP) is 2.88. The van der Waals surface area contributed by atoms with E-state index in [1.807, 2.05) is 30.3 Å². The molecule has 2 atom stereocenters. The summed E-state index contributed by atoms with van der Waals surface area (Å²) in [5.41, 5.74) is 6.67. The second kappa shape index (κ2) is 11.4. The van der Waals surface area contributed by atoms with Crippen molar-refractivity contribution in [1.29, 1.82) is 0 Å². The monoisotopic (exact) mass is 480 g/mol. The van der Waals surface area contributed by atoms with E-state index < -0.39 is 23.8 Å². The zero-order chi connectivity index (χ0) is 24.8. The Kier molecular flexibility index (Phi) is 8.13. The van der Waals surface area contributed by atoms with Gasteiger partial charge in [-0.1, -0.05) is 49.2 Å². The van der Waals surface area contributed by atoms with Crippen LogP contribution in [-0.2, 0) is 9.59 Å². The largest absolute Gasteiger partial charge is 0.351 e. The van der Waals surface area contributed by atoms with Crippen molar-refractivity contribution in [2.45, 2.75) is 44.2 Å². The molecule has 0 bridgehead atoms. The maximum absolute atomic E-state index is 14.2. The minimum absolute atomic E-state index is 0.145. The highest BCUT2D eigenvalue weighted by atomic mass is 19.1. The second-order valence-electron chi connectivity index (χ2n) is 9.28. The lowest BCUT2D eigenvalue weighted by atomic mass is 9.83. The van der Waals surface area contributed by atoms with E-state index in [0.29, 0.717) is 19.5 Å². The van der Waals surface area contributed by atoms with Gasteiger partial charge in [0.2, 0.25) is 5.91 Å². The smallest absolute Gasteiger partial charge is 0.263 e. The first-order chi connectivity index (χ1) is 17.0. The number of amides is 3. The fraction of sp³-hybridized carbons (Fsp3) is 0.444. The van der Waals surface area contributed by atoms with Crippen LogP contribution in [0.3, 0.4) is 0 Å². The minimum Gasteiger partial charge on any atom is -0.351 e. The first kappa shape index (κ1) is 24.9. The fourth-order valence-corrected chi connectivity index (χ4v) is 5.37. The maximum atomic E-state index is 14.2. The highest BCUT2D eigenvalue weighted by molar-refractivity contribution is 5.99. The third kappa shape index (κ3) is 5.53. The molecule has 0 aromatic heterocycles. The van der Waals surface area contributed by atoms with E-state index in [1.54, 1.807) is 4.90 Å². The third-order valence-corrected chi connectivity index (χ3v) is 6.98. The Morgan fingerprint density at radius 2 is 1.69 bits per heavy atom. The minimum atomic E-state index is -1.12. The lowest BCUT2D eigenvalue weighted by molar-refractivity contribution is -0.151. The number of hydrogen-bond donors (Lipinski definition) is 2. The van der Waals surface area contributed by atoms with Gasteiger partial charge in [-0.15, -0.1) is 0 Å². The molecule has 7 nitrogen and oxygen atoms in total. The third-order valence-electron chi connectivity index (χ3n) is 6.98. The molecule has 186 valence electrons. The molecule has 1 aliphatic heterocycles. The number of halogens is 1. The number of nitrogens with zero attached hydrogens (tertiary/aromatic N) is 2. The van der Waals surface area contributed by atoms with E-state index in [9.17, 15) is 18.8 Å². The van der Waals surface area contributed by atoms with E-state index in [1.165, 1.54) is 23.1 Å². The number of hydrogen-bond acceptors (Lipinski definition) is 4. The average molecular weight is 481 g/mol. The molecule has 35 heavy (non-hydrogen) atoms. The van der Waals surface area contributed by atoms with E-state index >= 15 is 0 Å². The number of carbonyl (C=O) groups excluding carboxylic acids is 3. The van der Waals surface area contributed by atoms with Crippen molar-refractivity contribution in [3.05, 3.63) is 71.5 Å². The van der Waals surface area contributed by atoms with Crippen LogP contribution < -0.4 is 11.1 Å². The van der Waals surface area contributed by atoms with Gasteiger partial charge in [-0.2, -0.15) is 0 Å². The van der Waals surface area contributed by atoms with Crippen molar-refractivity contribution in [3.8, 4) is 0 Å². The van der Waals surface area contributed by atoms with Crippen molar-refractivity contribution in [3.63, 3.8) is 0 Å². The Labute approximate surface area is 205 Å². The second-order valence-corrected chi connectivity index (χ2v) is 9.28. The molecular weight excluding hydrogens is 447 g/mol. The summed E-state index contributed by atoms with van der Waals surface area (Å²) in [7, 11) is 0. The first-order valence-corrected chi connectivity index (χ1v) is 12.4. The fourth-order valence-electron chi connectivity index (χ4n) is 5.37. The first-order valence-electron chi connectivity index (χ1n) is 12.4. The van der Waals surface area contributed by atoms with Gasteiger partial charge in [0.15, 0.2) is 6.17 Å². The highest BCUT2D eigenvalue weighted by Crippen LogP contribution is 2.39. The molecule has 8 heteroatoms. The molecule has 0 radical (unpaired) electrons. The van der Waals surface area contributed by atoms with E-state index in [-0.39, 0.29) is 36.4 Å². The average Bonchev–Trinajstić information content (AvgIpc) is 3.41. The summed E-state index contributed by atoms with van der Waals surface area (Å²) < 4.78 is 13.9. The van der Waals surface area contributed by atoms with Crippen molar-refractivity contribution in [2.75, 3.05) is 26.2 Å². The Balaban J connectivity index is 1.69. The molecule has 3 N–H and O–H groups in total. The standard InChI is InChI=1S/C27H33FN4O3/c28-22-13-6-12-21(18-22)26(34)31-16-7-17-32(25(31)24(33)30-15-14-29)27(35)23(20-10-4-5-11-20)19-8-2-1-3-9-19/h1-3,6,8-9,12-13,18,20,23,25H,4-5,7,10-11,14-17,29H2,(H,30,33). The van der Waals surface area contributed by atoms with Crippen LogP contribution >= 0.6 is 0 Å². The molecule has 4 rings (SSSR count). The van der Waals surface area contributed by atoms with E-state index in [2.05, 4.69) is 5.32 Å². The highest BCUT2D eigenvalue weighted by Gasteiger charge is 2.44. The Bertz CT molecular complexity index is 1040. The number of nitrogens with two attached hydrogens (primary N) is 1. The molecule has 0 spiro atoms. The maximum Gasteiger partial charge on any atom is 0.263 e. The molecule has 1 aliphatic carbocycles. The van der Waals surface area contributed by atoms with Crippen molar-refractivity contribution in [1.82, 2.24) is 15.1 Å². The van der Waals surface area contributed by atoms with Crippen LogP contribution in [0.1, 0.15) is 53.9 Å². The predicted molar refractivity (Wildman–Crippen MR) is 131 cm³/mol. The SMILES string of the molecule is NCCNC(=O)C1N(C(=O)c2cccc(F)c2)CCCN1C(=O)C(c1ccccc1)C1CCCC1. The van der Waals surface area contributed by atoms with Crippen LogP contribution in [0.5, 0.6) is 0 Å². The van der Waals surface area contributed by atoms with Crippen molar-refractivity contribution in [2.24, 2.45) is 11.7 Å². The van der Waals surface area contributed by atoms with E-state index in [4.69, 9.17) is 5.73 Å². The van der Waals surface area contributed by atoms with Gasteiger partial charge in [-0.3, -0.25) is 14.4 Å². The van der Waals surface area contributed by atoms with Crippen LogP contribution in [0.4, 0.5) is 4.39 Å². The molecule has 3 amide bonds. The number of carbonyl (C=O) groups is 3. The molecule has 1 heterocycles. The summed E-state index contributed by atoms with van der Waals surface area (Å²) in [6.07, 6.45) is 3.47. The Morgan fingerprint density at radius 3 is 2.37 bits per heavy atom. The Hall–Kier alpha value is -3.26. The van der Waals surface area contributed by atoms with Gasteiger partial charge < -0.3 is 20.9 Å². The normalized spacial score (nSPS) is 19.4. The van der Waals surface area contributed by atoms with Gasteiger partial charge in [0, 0.05) is 31.7 Å². The molecule has 2 unspecified atom stereocenters. The summed E-state index contributed by atoms with van der Waals surface area (Å²) in [6.45, 7) is 1.12. The van der Waals surface area contributed by atoms with E-state index in [0.717, 1.165) is 37.3 Å². The Morgan fingerprint density at radius 1 is 0.971 bits per heavy atom. The molecule has 1 saturated carbocycles. The summed E-state index contributed by atoms with van der Waals surface area (Å²) >= 11 is 0. The summed E-state index contributed by atoms with van der Waals surface area (Å²) in [5.74, 6) is -1.80. The zero-order valence-electron chi connectivity index (χ0n) is 19.9. The molecule has 2 aliphatic rings. The number of rotatable bonds is 7. The summed E-state index contributed by atoms with van der Waals surface area (Å²) in [5, 5.41) is 2.76. The quantitative estimate of drug-likeness (QED) is 0.637. The van der Waals surface area contributed by atoms with Gasteiger partial charge >= 0.3 is 0 Å². The zero-order valence-corrected chi connectivity index (χ0v) is 19.9. The molecular formula is C27H33FN4O3. The molecule has 2 aromatic rings. The van der Waals surface area contributed by atoms with Crippen molar-refractivity contribution < 1.29 is 18.8 Å². The van der Waals surface area contributed by atoms with Crippen LogP contribution in [0.2, 0.25) is 0 Å². The molecule has 1 saturated heterocycles. The van der Waals surface area contributed by atoms with Gasteiger partial charge in [0.05, 0.1) is 5.92 Å². The van der Waals surface area contributed by atoms with Crippen LogP contribution in [0.15, 0.2) is 54.6 Å². The van der Waals surface area contributed by atoms with Gasteiger partial charge in [-0.05, 0) is 48.9 Å². The summed E-state index contributed by atoms with van der Waals surface area (Å²) in [6, 6.07) is 15.1. The van der Waals surface area contributed by atoms with Crippen LogP contribution in [0.25, 0.3) is 0 Å². The van der Waals surface area contributed by atoms with Gasteiger partial charge in [0.25, 0.3) is 11.8 Å². The summed E-state index contributed by atoms with van der Waals surface area (Å²) in [4.78, 5) is 43.8. The van der Waals surface area contributed by atoms with Gasteiger partial charge in [-0.25, -0.2) is 4.39 Å². The molecule has 2 aromatic carbocycles. The number of nitrogens with one attached hydrogen (secondary N) is 1. The lowest BCUT2D eigenvalue weighted by Crippen LogP contribution is -2.64. The molecule has 2 fully saturated rings. The van der Waals surface area contributed by atoms with Crippen LogP contribution in [-0.4, -0.2) is 59.9 Å².